The van der Waals surface area contributed by atoms with Crippen molar-refractivity contribution >= 4 is 35.8 Å². The summed E-state index contributed by atoms with van der Waals surface area (Å²) in [5, 5.41) is 10.9. The number of carbonyl (C=O) groups is 1. The van der Waals surface area contributed by atoms with Gasteiger partial charge in [0, 0.05) is 24.8 Å². The minimum Gasteiger partial charge on any atom is -0.357 e. The number of para-hydroxylation sites is 1. The third-order valence-corrected chi connectivity index (χ3v) is 4.22. The lowest BCUT2D eigenvalue weighted by Gasteiger charge is -2.25. The molecule has 30 heavy (non-hydrogen) atoms. The summed E-state index contributed by atoms with van der Waals surface area (Å²) >= 11 is 0. The van der Waals surface area contributed by atoms with Crippen molar-refractivity contribution < 1.29 is 4.79 Å². The first-order valence-electron chi connectivity index (χ1n) is 10.0. The highest BCUT2D eigenvalue weighted by Crippen LogP contribution is 2.18. The fourth-order valence-electron chi connectivity index (χ4n) is 3.10. The number of nitrogens with one attached hydrogen (secondary N) is 2. The molecule has 8 heteroatoms. The van der Waals surface area contributed by atoms with Gasteiger partial charge in [-0.2, -0.15) is 5.10 Å². The van der Waals surface area contributed by atoms with Crippen molar-refractivity contribution in [2.75, 3.05) is 20.1 Å². The maximum Gasteiger partial charge on any atom is 0.240 e. The first kappa shape index (κ1) is 25.9. The molecular formula is C22H35IN6O. The first-order valence-corrected chi connectivity index (χ1v) is 10.0. The van der Waals surface area contributed by atoms with Gasteiger partial charge < -0.3 is 15.5 Å². The van der Waals surface area contributed by atoms with Crippen molar-refractivity contribution in [3.8, 4) is 5.69 Å². The molecule has 2 rings (SSSR count). The predicted molar refractivity (Wildman–Crippen MR) is 134 cm³/mol. The van der Waals surface area contributed by atoms with Crippen molar-refractivity contribution in [3.05, 3.63) is 47.3 Å². The number of aromatic nitrogens is 2. The third-order valence-electron chi connectivity index (χ3n) is 4.22. The highest BCUT2D eigenvalue weighted by Gasteiger charge is 2.17. The molecule has 0 spiro atoms. The van der Waals surface area contributed by atoms with E-state index in [1.807, 2.05) is 70.3 Å². The van der Waals surface area contributed by atoms with Crippen molar-refractivity contribution in [1.82, 2.24) is 25.3 Å². The number of hydrogen-bond donors (Lipinski definition) is 2. The number of carbonyl (C=O) groups excluding carboxylic acids is 1. The largest absolute Gasteiger partial charge is 0.357 e. The summed E-state index contributed by atoms with van der Waals surface area (Å²) in [5.74, 6) is 0.661. The summed E-state index contributed by atoms with van der Waals surface area (Å²) in [6, 6.07) is 10.2. The molecule has 166 valence electrons. The minimum absolute atomic E-state index is 0. The molecule has 2 aromatic rings. The molecule has 0 saturated carbocycles. The quantitative estimate of drug-likeness (QED) is 0.344. The molecule has 2 N–H and O–H groups in total. The number of nitrogens with zero attached hydrogens (tertiary/aromatic N) is 4. The van der Waals surface area contributed by atoms with Crippen LogP contribution >= 0.6 is 24.0 Å². The SMILES string of the molecule is CCNC(=NCc1ccccc1-n1nc(C)cc1C)N(C)CC(=O)NC(C)(C)C.I. The molecule has 1 heterocycles. The summed E-state index contributed by atoms with van der Waals surface area (Å²) in [6.45, 7) is 13.4. The van der Waals surface area contributed by atoms with E-state index < -0.39 is 0 Å². The second kappa shape index (κ2) is 11.3. The average Bonchev–Trinajstić information content (AvgIpc) is 2.95. The molecular weight excluding hydrogens is 491 g/mol. The van der Waals surface area contributed by atoms with Crippen molar-refractivity contribution in [2.45, 2.75) is 53.6 Å². The van der Waals surface area contributed by atoms with Crippen LogP contribution in [0.3, 0.4) is 0 Å². The lowest BCUT2D eigenvalue weighted by atomic mass is 10.1. The Hall–Kier alpha value is -2.10. The lowest BCUT2D eigenvalue weighted by Crippen LogP contribution is -2.48. The Labute approximate surface area is 197 Å². The van der Waals surface area contributed by atoms with Gasteiger partial charge in [0.25, 0.3) is 0 Å². The van der Waals surface area contributed by atoms with Gasteiger partial charge in [-0.05, 0) is 59.2 Å². The number of halogens is 1. The van der Waals surface area contributed by atoms with Crippen LogP contribution in [0.2, 0.25) is 0 Å². The van der Waals surface area contributed by atoms with Crippen LogP contribution in [0.4, 0.5) is 0 Å². The predicted octanol–water partition coefficient (Wildman–Crippen LogP) is 3.42. The Bertz CT molecular complexity index is 869. The Balaban J connectivity index is 0.00000450. The Kier molecular flexibility index (Phi) is 9.80. The van der Waals surface area contributed by atoms with Crippen molar-refractivity contribution in [3.63, 3.8) is 0 Å². The molecule has 0 aliphatic rings. The summed E-state index contributed by atoms with van der Waals surface area (Å²) in [6.07, 6.45) is 0. The normalized spacial score (nSPS) is 11.6. The van der Waals surface area contributed by atoms with Gasteiger partial charge in [0.05, 0.1) is 24.5 Å². The van der Waals surface area contributed by atoms with Crippen molar-refractivity contribution in [2.24, 2.45) is 4.99 Å². The highest BCUT2D eigenvalue weighted by molar-refractivity contribution is 14.0. The number of likely N-dealkylation sites (N-methyl/N-ethyl adjacent to an activating group) is 1. The molecule has 0 aliphatic heterocycles. The number of hydrogen-bond acceptors (Lipinski definition) is 3. The second-order valence-electron chi connectivity index (χ2n) is 8.29. The van der Waals surface area contributed by atoms with Gasteiger partial charge in [-0.25, -0.2) is 9.67 Å². The van der Waals surface area contributed by atoms with E-state index in [0.29, 0.717) is 12.5 Å². The maximum absolute atomic E-state index is 12.3. The van der Waals surface area contributed by atoms with Crippen LogP contribution in [-0.4, -0.2) is 52.2 Å². The zero-order valence-electron chi connectivity index (χ0n) is 19.1. The summed E-state index contributed by atoms with van der Waals surface area (Å²) in [5.41, 5.74) is 3.90. The Morgan fingerprint density at radius 2 is 1.90 bits per heavy atom. The van der Waals surface area contributed by atoms with Crippen LogP contribution in [0.15, 0.2) is 35.3 Å². The molecule has 0 unspecified atom stereocenters. The Morgan fingerprint density at radius 3 is 2.47 bits per heavy atom. The standard InChI is InChI=1S/C22H34N6O.HI/c1-8-23-21(27(7)15-20(29)25-22(4,5)6)24-14-18-11-9-10-12-19(18)28-17(3)13-16(2)26-28;/h9-13H,8,14-15H2,1-7H3,(H,23,24)(H,25,29);1H. The van der Waals surface area contributed by atoms with E-state index in [2.05, 4.69) is 33.9 Å². The molecule has 0 saturated heterocycles. The second-order valence-corrected chi connectivity index (χ2v) is 8.29. The van der Waals surface area contributed by atoms with Gasteiger partial charge in [0.1, 0.15) is 0 Å². The van der Waals surface area contributed by atoms with E-state index in [9.17, 15) is 4.79 Å². The van der Waals surface area contributed by atoms with E-state index in [1.165, 1.54) is 0 Å². The lowest BCUT2D eigenvalue weighted by molar-refractivity contribution is -0.122. The fraction of sp³-hybridized carbons (Fsp3) is 0.500. The van der Waals surface area contributed by atoms with Crippen LogP contribution in [0, 0.1) is 13.8 Å². The number of rotatable bonds is 6. The van der Waals surface area contributed by atoms with E-state index in [0.717, 1.165) is 29.2 Å². The number of benzene rings is 1. The molecule has 1 aromatic carbocycles. The molecule has 0 radical (unpaired) electrons. The number of aliphatic imine (C=N–C) groups is 1. The molecule has 0 bridgehead atoms. The van der Waals surface area contributed by atoms with Crippen LogP contribution < -0.4 is 10.6 Å². The van der Waals surface area contributed by atoms with Crippen LogP contribution in [0.25, 0.3) is 5.69 Å². The van der Waals surface area contributed by atoms with Gasteiger partial charge in [-0.3, -0.25) is 4.79 Å². The van der Waals surface area contributed by atoms with Crippen LogP contribution in [-0.2, 0) is 11.3 Å². The van der Waals surface area contributed by atoms with Gasteiger partial charge in [-0.15, -0.1) is 24.0 Å². The number of aryl methyl sites for hydroxylation is 2. The van der Waals surface area contributed by atoms with E-state index >= 15 is 0 Å². The van der Waals surface area contributed by atoms with Gasteiger partial charge in [0.2, 0.25) is 5.91 Å². The average molecular weight is 526 g/mol. The molecule has 0 atom stereocenters. The number of guanidine groups is 1. The summed E-state index contributed by atoms with van der Waals surface area (Å²) in [7, 11) is 1.87. The minimum atomic E-state index is -0.258. The number of amides is 1. The maximum atomic E-state index is 12.3. The third kappa shape index (κ3) is 7.62. The topological polar surface area (TPSA) is 74.5 Å². The van der Waals surface area contributed by atoms with Crippen LogP contribution in [0.5, 0.6) is 0 Å². The molecule has 0 fully saturated rings. The van der Waals surface area contributed by atoms with Crippen molar-refractivity contribution in [1.29, 1.82) is 0 Å². The monoisotopic (exact) mass is 526 g/mol. The van der Waals surface area contributed by atoms with E-state index in [4.69, 9.17) is 4.99 Å². The zero-order chi connectivity index (χ0) is 21.6. The van der Waals surface area contributed by atoms with Crippen LogP contribution in [0.1, 0.15) is 44.6 Å². The van der Waals surface area contributed by atoms with Gasteiger partial charge in [0.15, 0.2) is 5.96 Å². The molecule has 7 nitrogen and oxygen atoms in total. The van der Waals surface area contributed by atoms with E-state index in [-0.39, 0.29) is 42.0 Å². The fourth-order valence-corrected chi connectivity index (χ4v) is 3.10. The van der Waals surface area contributed by atoms with Gasteiger partial charge in [-0.1, -0.05) is 18.2 Å². The molecule has 1 aromatic heterocycles. The Morgan fingerprint density at radius 1 is 1.23 bits per heavy atom. The highest BCUT2D eigenvalue weighted by atomic mass is 127. The molecule has 1 amide bonds. The first-order chi connectivity index (χ1) is 13.6. The van der Waals surface area contributed by atoms with Gasteiger partial charge >= 0.3 is 0 Å². The smallest absolute Gasteiger partial charge is 0.240 e. The summed E-state index contributed by atoms with van der Waals surface area (Å²) < 4.78 is 1.95. The zero-order valence-corrected chi connectivity index (χ0v) is 21.4. The molecule has 0 aliphatic carbocycles. The summed E-state index contributed by atoms with van der Waals surface area (Å²) in [4.78, 5) is 18.9. The van der Waals surface area contributed by atoms with E-state index in [1.54, 1.807) is 0 Å².